The fourth-order valence-corrected chi connectivity index (χ4v) is 4.72. The van der Waals surface area contributed by atoms with Crippen LogP contribution < -0.4 is 0 Å². The van der Waals surface area contributed by atoms with Gasteiger partial charge in [-0.2, -0.15) is 13.2 Å². The quantitative estimate of drug-likeness (QED) is 0.584. The first kappa shape index (κ1) is 19.1. The molecule has 0 aliphatic carbocycles. The molecule has 0 radical (unpaired) electrons. The molecule has 0 saturated carbocycles. The van der Waals surface area contributed by atoms with Crippen molar-refractivity contribution in [3.05, 3.63) is 35.2 Å². The lowest BCUT2D eigenvalue weighted by molar-refractivity contribution is -0.140. The average Bonchev–Trinajstić information content (AvgIpc) is 2.94. The molecular weight excluding hydrogens is 405 g/mol. The predicted octanol–water partition coefficient (Wildman–Crippen LogP) is 4.41. The number of hydrogen-bond acceptors (Lipinski definition) is 4. The van der Waals surface area contributed by atoms with Gasteiger partial charge < -0.3 is 9.30 Å². The number of ether oxygens (including phenoxy) is 1. The van der Waals surface area contributed by atoms with Crippen molar-refractivity contribution in [1.29, 1.82) is 0 Å². The zero-order valence-corrected chi connectivity index (χ0v) is 16.4. The third-order valence-electron chi connectivity index (χ3n) is 6.13. The molecule has 5 nitrogen and oxygen atoms in total. The second kappa shape index (κ2) is 6.82. The molecule has 0 bridgehead atoms. The Morgan fingerprint density at radius 3 is 2.55 bits per heavy atom. The molecule has 1 aromatic carbocycles. The molecule has 0 atom stereocenters. The molecule has 0 amide bonds. The van der Waals surface area contributed by atoms with E-state index in [1.54, 1.807) is 6.07 Å². The van der Waals surface area contributed by atoms with E-state index in [0.29, 0.717) is 21.8 Å². The van der Waals surface area contributed by atoms with Crippen LogP contribution in [0.5, 0.6) is 0 Å². The Morgan fingerprint density at radius 1 is 1.14 bits per heavy atom. The van der Waals surface area contributed by atoms with Gasteiger partial charge in [-0.25, -0.2) is 9.97 Å². The van der Waals surface area contributed by atoms with E-state index in [-0.39, 0.29) is 10.7 Å². The minimum atomic E-state index is -4.37. The summed E-state index contributed by atoms with van der Waals surface area (Å²) < 4.78 is 46.1. The maximum Gasteiger partial charge on any atom is 0.406 e. The van der Waals surface area contributed by atoms with Crippen molar-refractivity contribution in [3.8, 4) is 0 Å². The van der Waals surface area contributed by atoms with Crippen molar-refractivity contribution in [2.75, 3.05) is 26.3 Å². The largest absolute Gasteiger partial charge is 0.406 e. The molecule has 29 heavy (non-hydrogen) atoms. The second-order valence-electron chi connectivity index (χ2n) is 8.18. The monoisotopic (exact) mass is 424 g/mol. The van der Waals surface area contributed by atoms with E-state index >= 15 is 0 Å². The molecule has 5 rings (SSSR count). The number of aromatic nitrogens is 3. The van der Waals surface area contributed by atoms with Crippen LogP contribution in [-0.2, 0) is 17.8 Å². The summed E-state index contributed by atoms with van der Waals surface area (Å²) in [5.74, 6) is 0. The Bertz CT molecular complexity index is 1070. The smallest absolute Gasteiger partial charge is 0.380 e. The number of hydrogen-bond donors (Lipinski definition) is 0. The highest BCUT2D eigenvalue weighted by Crippen LogP contribution is 2.39. The van der Waals surface area contributed by atoms with Gasteiger partial charge in [0.1, 0.15) is 23.9 Å². The summed E-state index contributed by atoms with van der Waals surface area (Å²) in [6.45, 7) is 3.38. The lowest BCUT2D eigenvalue weighted by atomic mass is 9.77. The van der Waals surface area contributed by atoms with E-state index in [0.717, 1.165) is 55.8 Å². The highest BCUT2D eigenvalue weighted by molar-refractivity contribution is 6.34. The minimum absolute atomic E-state index is 0.0287. The third kappa shape index (κ3) is 3.47. The van der Waals surface area contributed by atoms with Gasteiger partial charge in [0.25, 0.3) is 0 Å². The number of piperidine rings is 1. The predicted molar refractivity (Wildman–Crippen MR) is 104 cm³/mol. The molecular formula is C20H20ClF3N4O. The average molecular weight is 425 g/mol. The van der Waals surface area contributed by atoms with E-state index in [2.05, 4.69) is 14.9 Å². The Kier molecular flexibility index (Phi) is 4.49. The number of benzene rings is 1. The van der Waals surface area contributed by atoms with E-state index in [1.807, 2.05) is 12.1 Å². The van der Waals surface area contributed by atoms with Gasteiger partial charge >= 0.3 is 6.18 Å². The van der Waals surface area contributed by atoms with Crippen LogP contribution in [0.1, 0.15) is 18.4 Å². The van der Waals surface area contributed by atoms with E-state index in [4.69, 9.17) is 16.3 Å². The molecule has 4 heterocycles. The van der Waals surface area contributed by atoms with Gasteiger partial charge in [-0.1, -0.05) is 17.7 Å². The van der Waals surface area contributed by atoms with E-state index in [1.165, 1.54) is 6.33 Å². The number of likely N-dealkylation sites (tertiary alicyclic amines) is 1. The molecule has 2 aromatic heterocycles. The molecule has 9 heteroatoms. The summed E-state index contributed by atoms with van der Waals surface area (Å²) in [5.41, 5.74) is 2.57. The van der Waals surface area contributed by atoms with Crippen molar-refractivity contribution in [2.24, 2.45) is 5.41 Å². The number of fused-ring (bicyclic) bond motifs is 3. The van der Waals surface area contributed by atoms with Crippen molar-refractivity contribution in [3.63, 3.8) is 0 Å². The summed E-state index contributed by atoms with van der Waals surface area (Å²) in [6.07, 6.45) is -0.822. The fourth-order valence-electron chi connectivity index (χ4n) is 4.49. The van der Waals surface area contributed by atoms with Gasteiger partial charge in [0.05, 0.1) is 18.7 Å². The second-order valence-corrected chi connectivity index (χ2v) is 8.54. The van der Waals surface area contributed by atoms with Crippen LogP contribution in [0.4, 0.5) is 13.2 Å². The fraction of sp³-hybridized carbons (Fsp3) is 0.500. The van der Waals surface area contributed by atoms with Gasteiger partial charge in [-0.15, -0.1) is 0 Å². The molecule has 2 fully saturated rings. The van der Waals surface area contributed by atoms with Crippen LogP contribution in [0, 0.1) is 5.41 Å². The molecule has 2 aliphatic rings. The number of halogens is 4. The van der Waals surface area contributed by atoms with Gasteiger partial charge in [-0.05, 0) is 43.6 Å². The molecule has 2 saturated heterocycles. The van der Waals surface area contributed by atoms with Crippen molar-refractivity contribution < 1.29 is 17.9 Å². The lowest BCUT2D eigenvalue weighted by Gasteiger charge is -2.47. The van der Waals surface area contributed by atoms with Crippen molar-refractivity contribution in [2.45, 2.75) is 32.1 Å². The highest BCUT2D eigenvalue weighted by Gasteiger charge is 2.41. The summed E-state index contributed by atoms with van der Waals surface area (Å²) in [5, 5.41) is 0.702. The first-order valence-electron chi connectivity index (χ1n) is 9.62. The number of alkyl halides is 3. The standard InChI is InChI=1S/C20H20ClF3N4O/c21-18-17-16(25-12-26-18)14-7-13(1-2-15(14)28(17)9-20(22,23)24)8-27-5-3-19(4-6-27)10-29-11-19/h1-2,7,12H,3-6,8-11H2. The first-order chi connectivity index (χ1) is 13.8. The summed E-state index contributed by atoms with van der Waals surface area (Å²) in [6, 6.07) is 5.57. The van der Waals surface area contributed by atoms with Gasteiger partial charge in [-0.3, -0.25) is 4.90 Å². The van der Waals surface area contributed by atoms with Gasteiger partial charge in [0.15, 0.2) is 5.15 Å². The van der Waals surface area contributed by atoms with E-state index in [9.17, 15) is 13.2 Å². The van der Waals surface area contributed by atoms with Gasteiger partial charge in [0, 0.05) is 17.3 Å². The minimum Gasteiger partial charge on any atom is -0.380 e. The van der Waals surface area contributed by atoms with Crippen LogP contribution in [0.25, 0.3) is 21.9 Å². The van der Waals surface area contributed by atoms with Crippen LogP contribution in [0.15, 0.2) is 24.5 Å². The summed E-state index contributed by atoms with van der Waals surface area (Å²) in [4.78, 5) is 10.5. The maximum atomic E-state index is 13.2. The topological polar surface area (TPSA) is 43.2 Å². The zero-order chi connectivity index (χ0) is 20.2. The van der Waals surface area contributed by atoms with Crippen molar-refractivity contribution in [1.82, 2.24) is 19.4 Å². The Morgan fingerprint density at radius 2 is 1.90 bits per heavy atom. The molecule has 0 N–H and O–H groups in total. The van der Waals surface area contributed by atoms with Crippen LogP contribution in [-0.4, -0.2) is 51.9 Å². The third-order valence-corrected chi connectivity index (χ3v) is 6.41. The molecule has 154 valence electrons. The molecule has 0 unspecified atom stereocenters. The maximum absolute atomic E-state index is 13.2. The SMILES string of the molecule is FC(F)(F)Cn1c2ccc(CN3CCC4(CC3)COC4)cc2c2ncnc(Cl)c21. The summed E-state index contributed by atoms with van der Waals surface area (Å²) >= 11 is 6.15. The zero-order valence-electron chi connectivity index (χ0n) is 15.7. The number of nitrogens with zero attached hydrogens (tertiary/aromatic N) is 4. The molecule has 1 spiro atoms. The Labute approximate surface area is 170 Å². The highest BCUT2D eigenvalue weighted by atomic mass is 35.5. The van der Waals surface area contributed by atoms with Crippen LogP contribution in [0.2, 0.25) is 5.15 Å². The Hall–Kier alpha value is -1.90. The Balaban J connectivity index is 1.48. The first-order valence-corrected chi connectivity index (χ1v) is 10.00. The van der Waals surface area contributed by atoms with Crippen LogP contribution >= 0.6 is 11.6 Å². The molecule has 2 aliphatic heterocycles. The molecule has 3 aromatic rings. The lowest BCUT2D eigenvalue weighted by Crippen LogP contribution is -2.50. The van der Waals surface area contributed by atoms with Crippen molar-refractivity contribution >= 4 is 33.5 Å². The normalized spacial score (nSPS) is 19.9. The van der Waals surface area contributed by atoms with E-state index < -0.39 is 12.7 Å². The summed E-state index contributed by atoms with van der Waals surface area (Å²) in [7, 11) is 0. The van der Waals surface area contributed by atoms with Crippen LogP contribution in [0.3, 0.4) is 0 Å². The van der Waals surface area contributed by atoms with Gasteiger partial charge in [0.2, 0.25) is 0 Å². The number of rotatable bonds is 3.